The Kier molecular flexibility index (Phi) is 11.1. The molecule has 238 valence electrons. The zero-order valence-electron chi connectivity index (χ0n) is 24.7. The van der Waals surface area contributed by atoms with Crippen LogP contribution in [0.4, 0.5) is 29.3 Å². The van der Waals surface area contributed by atoms with Crippen LogP contribution in [0, 0.1) is 5.41 Å². The van der Waals surface area contributed by atoms with E-state index >= 15 is 0 Å². The predicted molar refractivity (Wildman–Crippen MR) is 155 cm³/mol. The van der Waals surface area contributed by atoms with E-state index in [-0.39, 0.29) is 28.8 Å². The topological polar surface area (TPSA) is 133 Å². The first kappa shape index (κ1) is 34.1. The van der Waals surface area contributed by atoms with Gasteiger partial charge in [0.2, 0.25) is 0 Å². The van der Waals surface area contributed by atoms with Crippen LogP contribution >= 0.6 is 0 Å². The number of carbonyl (C=O) groups is 5. The molecule has 0 aromatic heterocycles. The summed E-state index contributed by atoms with van der Waals surface area (Å²) < 4.78 is 44.3. The lowest BCUT2D eigenvalue weighted by molar-refractivity contribution is -0.175. The second-order valence-electron chi connectivity index (χ2n) is 11.6. The smallest absolute Gasteiger partial charge is 0.471 e. The van der Waals surface area contributed by atoms with Gasteiger partial charge < -0.3 is 20.1 Å². The molecule has 44 heavy (non-hydrogen) atoms. The van der Waals surface area contributed by atoms with Gasteiger partial charge in [-0.1, -0.05) is 70.4 Å². The molecule has 0 radical (unpaired) electrons. The fourth-order valence-electron chi connectivity index (χ4n) is 4.79. The molecule has 1 fully saturated rings. The molecule has 0 saturated heterocycles. The Bertz CT molecular complexity index is 1350. The predicted octanol–water partition coefficient (Wildman–Crippen LogP) is 5.36. The Hall–Kier alpha value is -4.42. The number of anilines is 2. The van der Waals surface area contributed by atoms with Crippen molar-refractivity contribution in [1.82, 2.24) is 5.32 Å². The molecule has 3 rings (SSSR count). The molecule has 1 saturated carbocycles. The second-order valence-corrected chi connectivity index (χ2v) is 11.6. The van der Waals surface area contributed by atoms with Crippen LogP contribution in [0.1, 0.15) is 63.2 Å². The van der Waals surface area contributed by atoms with Gasteiger partial charge in [0.05, 0.1) is 23.5 Å². The molecular weight excluding hydrogens is 583 g/mol. The average molecular weight is 620 g/mol. The number of benzene rings is 2. The minimum absolute atomic E-state index is 0.0767. The molecular formula is C31H36F3N3O7. The highest BCUT2D eigenvalue weighted by Crippen LogP contribution is 2.36. The van der Waals surface area contributed by atoms with E-state index in [4.69, 9.17) is 4.74 Å². The number of amides is 2. The minimum atomic E-state index is -5.31. The standard InChI is InChI=1S/C31H36F3N3O7/c1-30(2,3)25(38)19-37(29(43)44-27(41)20-12-6-4-7-13-20)24-17-11-10-16-23(24)36(21-14-8-5-9-15-21)18-22(26(39)40)35-28(42)31(32,33)34/h4,6-7,10-13,16-17,21-22H,5,8-9,14-15,18-19H2,1-3H3,(H,35,42)(H,39,40). The number of aliphatic carboxylic acids is 1. The lowest BCUT2D eigenvalue weighted by Gasteiger charge is -2.40. The van der Waals surface area contributed by atoms with Crippen LogP contribution in [0.2, 0.25) is 0 Å². The van der Waals surface area contributed by atoms with Crippen molar-refractivity contribution in [3.63, 3.8) is 0 Å². The van der Waals surface area contributed by atoms with Crippen molar-refractivity contribution in [2.45, 2.75) is 71.1 Å². The molecule has 0 spiro atoms. The zero-order valence-corrected chi connectivity index (χ0v) is 24.7. The normalized spacial score (nSPS) is 14.7. The molecule has 1 aliphatic carbocycles. The summed E-state index contributed by atoms with van der Waals surface area (Å²) in [6, 6.07) is 11.5. The van der Waals surface area contributed by atoms with E-state index in [9.17, 15) is 42.3 Å². The number of carboxylic acids is 1. The van der Waals surface area contributed by atoms with E-state index in [1.54, 1.807) is 61.3 Å². The summed E-state index contributed by atoms with van der Waals surface area (Å²) in [5, 5.41) is 11.3. The van der Waals surface area contributed by atoms with Crippen molar-refractivity contribution < 1.29 is 47.0 Å². The van der Waals surface area contributed by atoms with Crippen molar-refractivity contribution >= 4 is 41.1 Å². The highest BCUT2D eigenvalue weighted by molar-refractivity contribution is 6.05. The van der Waals surface area contributed by atoms with Crippen LogP contribution in [0.25, 0.3) is 0 Å². The maximum absolute atomic E-state index is 13.6. The first-order valence-corrected chi connectivity index (χ1v) is 14.2. The van der Waals surface area contributed by atoms with E-state index in [1.165, 1.54) is 24.3 Å². The number of alkyl halides is 3. The Morgan fingerprint density at radius 2 is 1.48 bits per heavy atom. The molecule has 0 aliphatic heterocycles. The van der Waals surface area contributed by atoms with Crippen molar-refractivity contribution in [2.24, 2.45) is 5.41 Å². The fraction of sp³-hybridized carbons (Fsp3) is 0.452. The molecule has 2 amide bonds. The maximum atomic E-state index is 13.6. The van der Waals surface area contributed by atoms with E-state index in [1.807, 2.05) is 0 Å². The molecule has 2 aromatic rings. The summed E-state index contributed by atoms with van der Waals surface area (Å²) in [6.45, 7) is 3.85. The lowest BCUT2D eigenvalue weighted by atomic mass is 9.90. The number of para-hydroxylation sites is 2. The Balaban J connectivity index is 2.08. The van der Waals surface area contributed by atoms with Crippen LogP contribution in [-0.4, -0.2) is 66.2 Å². The number of ether oxygens (including phenoxy) is 1. The largest absolute Gasteiger partial charge is 0.480 e. The van der Waals surface area contributed by atoms with Crippen LogP contribution in [-0.2, 0) is 19.1 Å². The van der Waals surface area contributed by atoms with Gasteiger partial charge in [-0.2, -0.15) is 13.2 Å². The SMILES string of the molecule is CC(C)(C)C(=O)CN(C(=O)OC(=O)c1ccccc1)c1ccccc1N(CC(NC(=O)C(F)(F)F)C(=O)O)C1CCCCC1. The van der Waals surface area contributed by atoms with E-state index in [0.29, 0.717) is 12.8 Å². The van der Waals surface area contributed by atoms with Crippen LogP contribution in [0.15, 0.2) is 54.6 Å². The summed E-state index contributed by atoms with van der Waals surface area (Å²) in [7, 11) is 0. The first-order chi connectivity index (χ1) is 20.6. The molecule has 1 atom stereocenters. The molecule has 13 heteroatoms. The number of hydrogen-bond acceptors (Lipinski definition) is 7. The number of nitrogens with zero attached hydrogens (tertiary/aromatic N) is 2. The highest BCUT2D eigenvalue weighted by atomic mass is 19.4. The van der Waals surface area contributed by atoms with Gasteiger partial charge in [-0.05, 0) is 37.1 Å². The van der Waals surface area contributed by atoms with E-state index in [0.717, 1.165) is 24.2 Å². The lowest BCUT2D eigenvalue weighted by Crippen LogP contribution is -2.54. The summed E-state index contributed by atoms with van der Waals surface area (Å²) in [4.78, 5) is 65.8. The number of rotatable bonds is 10. The minimum Gasteiger partial charge on any atom is -0.480 e. The maximum Gasteiger partial charge on any atom is 0.471 e. The van der Waals surface area contributed by atoms with Gasteiger partial charge in [-0.15, -0.1) is 0 Å². The van der Waals surface area contributed by atoms with Crippen molar-refractivity contribution in [3.05, 3.63) is 60.2 Å². The number of halogens is 3. The monoisotopic (exact) mass is 619 g/mol. The third-order valence-corrected chi connectivity index (χ3v) is 7.29. The number of carboxylic acid groups (broad SMARTS) is 1. The van der Waals surface area contributed by atoms with Gasteiger partial charge in [-0.25, -0.2) is 14.4 Å². The van der Waals surface area contributed by atoms with Crippen LogP contribution in [0.3, 0.4) is 0 Å². The van der Waals surface area contributed by atoms with Gasteiger partial charge in [-0.3, -0.25) is 14.5 Å². The molecule has 1 aliphatic rings. The van der Waals surface area contributed by atoms with Gasteiger partial charge >= 0.3 is 30.1 Å². The molecule has 2 N–H and O–H groups in total. The third-order valence-electron chi connectivity index (χ3n) is 7.29. The van der Waals surface area contributed by atoms with Gasteiger partial charge in [0.25, 0.3) is 0 Å². The molecule has 10 nitrogen and oxygen atoms in total. The average Bonchev–Trinajstić information content (AvgIpc) is 2.97. The first-order valence-electron chi connectivity index (χ1n) is 14.2. The Labute approximate surface area is 253 Å². The Morgan fingerprint density at radius 1 is 0.909 bits per heavy atom. The highest BCUT2D eigenvalue weighted by Gasteiger charge is 2.42. The molecule has 0 bridgehead atoms. The van der Waals surface area contributed by atoms with Crippen LogP contribution < -0.4 is 15.1 Å². The summed E-state index contributed by atoms with van der Waals surface area (Å²) >= 11 is 0. The molecule has 1 unspecified atom stereocenters. The number of ketones is 1. The number of carbonyl (C=O) groups excluding carboxylic acids is 4. The van der Waals surface area contributed by atoms with Gasteiger partial charge in [0, 0.05) is 18.0 Å². The number of nitrogens with one attached hydrogen (secondary N) is 1. The summed E-state index contributed by atoms with van der Waals surface area (Å²) in [5.41, 5.74) is -0.522. The van der Waals surface area contributed by atoms with E-state index < -0.39 is 54.7 Å². The van der Waals surface area contributed by atoms with Gasteiger partial charge in [0.15, 0.2) is 5.78 Å². The van der Waals surface area contributed by atoms with Crippen molar-refractivity contribution in [2.75, 3.05) is 22.9 Å². The summed E-state index contributed by atoms with van der Waals surface area (Å²) in [5.74, 6) is -5.44. The molecule has 0 heterocycles. The summed E-state index contributed by atoms with van der Waals surface area (Å²) in [6.07, 6.45) is -2.93. The zero-order chi connectivity index (χ0) is 32.7. The number of hydrogen-bond donors (Lipinski definition) is 2. The molecule has 2 aromatic carbocycles. The Morgan fingerprint density at radius 3 is 2.02 bits per heavy atom. The second kappa shape index (κ2) is 14.4. The quantitative estimate of drug-likeness (QED) is 0.269. The van der Waals surface area contributed by atoms with Crippen LogP contribution in [0.5, 0.6) is 0 Å². The van der Waals surface area contributed by atoms with E-state index in [2.05, 4.69) is 0 Å². The van der Waals surface area contributed by atoms with Gasteiger partial charge in [0.1, 0.15) is 6.04 Å². The fourth-order valence-corrected chi connectivity index (χ4v) is 4.79. The van der Waals surface area contributed by atoms with Crippen molar-refractivity contribution in [3.8, 4) is 0 Å². The number of esters is 1. The number of Topliss-reactive ketones (excluding diaryl/α,β-unsaturated/α-hetero) is 1. The third kappa shape index (κ3) is 9.04. The van der Waals surface area contributed by atoms with Crippen molar-refractivity contribution in [1.29, 1.82) is 0 Å².